The van der Waals surface area contributed by atoms with Crippen molar-refractivity contribution in [2.24, 2.45) is 7.05 Å². The Kier molecular flexibility index (Phi) is 6.65. The third-order valence-electron chi connectivity index (χ3n) is 4.95. The van der Waals surface area contributed by atoms with E-state index in [2.05, 4.69) is 10.4 Å². The molecule has 2 aromatic carbocycles. The van der Waals surface area contributed by atoms with Crippen molar-refractivity contribution in [1.29, 1.82) is 0 Å². The Morgan fingerprint density at radius 2 is 1.94 bits per heavy atom. The lowest BCUT2D eigenvalue weighted by Crippen LogP contribution is -2.35. The van der Waals surface area contributed by atoms with E-state index < -0.39 is 9.84 Å². The summed E-state index contributed by atoms with van der Waals surface area (Å²) in [6.45, 7) is 2.09. The van der Waals surface area contributed by atoms with E-state index in [1.807, 2.05) is 49.3 Å². The van der Waals surface area contributed by atoms with E-state index in [4.69, 9.17) is 4.74 Å². The molecule has 164 valence electrons. The summed E-state index contributed by atoms with van der Waals surface area (Å²) in [4.78, 5) is 15.0. The molecule has 0 bridgehead atoms. The number of nitrogens with zero attached hydrogens (tertiary/aromatic N) is 3. The van der Waals surface area contributed by atoms with Gasteiger partial charge in [-0.25, -0.2) is 8.42 Å². The van der Waals surface area contributed by atoms with E-state index >= 15 is 0 Å². The molecule has 1 heterocycles. The molecular weight excluding hydrogens is 416 g/mol. The van der Waals surface area contributed by atoms with Crippen molar-refractivity contribution in [2.45, 2.75) is 17.9 Å². The lowest BCUT2D eigenvalue weighted by molar-refractivity contribution is -0.115. The summed E-state index contributed by atoms with van der Waals surface area (Å²) >= 11 is 0. The van der Waals surface area contributed by atoms with Crippen LogP contribution >= 0.6 is 0 Å². The molecule has 1 unspecified atom stereocenters. The molecule has 9 heteroatoms. The number of carbonyl (C=O) groups is 1. The quantitative estimate of drug-likeness (QED) is 0.576. The summed E-state index contributed by atoms with van der Waals surface area (Å²) < 4.78 is 30.2. The molecule has 0 aliphatic carbocycles. The first-order valence-corrected chi connectivity index (χ1v) is 11.6. The summed E-state index contributed by atoms with van der Waals surface area (Å²) in [6.07, 6.45) is 4.71. The van der Waals surface area contributed by atoms with Crippen molar-refractivity contribution in [3.63, 3.8) is 0 Å². The first kappa shape index (κ1) is 22.4. The molecule has 0 saturated carbocycles. The Hall–Kier alpha value is -3.33. The fraction of sp³-hybridized carbons (Fsp3) is 0.273. The molecule has 1 atom stereocenters. The molecule has 31 heavy (non-hydrogen) atoms. The number of rotatable bonds is 8. The molecule has 0 fully saturated rings. The van der Waals surface area contributed by atoms with E-state index in [0.29, 0.717) is 5.69 Å². The Balaban J connectivity index is 1.80. The Morgan fingerprint density at radius 3 is 2.52 bits per heavy atom. The molecule has 3 aromatic rings. The molecule has 0 aliphatic rings. The Bertz CT molecular complexity index is 1160. The number of hydrogen-bond acceptors (Lipinski definition) is 6. The number of aromatic nitrogens is 2. The van der Waals surface area contributed by atoms with Crippen LogP contribution in [0.4, 0.5) is 11.4 Å². The number of carbonyl (C=O) groups excluding carboxylic acids is 1. The highest BCUT2D eigenvalue weighted by Gasteiger charge is 2.21. The van der Waals surface area contributed by atoms with Gasteiger partial charge in [0.2, 0.25) is 5.91 Å². The third-order valence-corrected chi connectivity index (χ3v) is 6.08. The molecule has 1 amide bonds. The minimum atomic E-state index is -3.29. The summed E-state index contributed by atoms with van der Waals surface area (Å²) in [7, 11) is 0.148. The summed E-state index contributed by atoms with van der Waals surface area (Å²) in [6, 6.07) is 13.7. The molecule has 0 radical (unpaired) electrons. The van der Waals surface area contributed by atoms with E-state index in [0.717, 1.165) is 23.3 Å². The summed E-state index contributed by atoms with van der Waals surface area (Å²) in [5.74, 6) is 0.511. The minimum Gasteiger partial charge on any atom is -0.497 e. The number of aryl methyl sites for hydroxylation is 1. The third kappa shape index (κ3) is 5.64. The van der Waals surface area contributed by atoms with Crippen molar-refractivity contribution in [3.05, 3.63) is 66.5 Å². The molecular formula is C22H26N4O4S. The van der Waals surface area contributed by atoms with E-state index in [1.165, 1.54) is 12.1 Å². The second kappa shape index (κ2) is 9.22. The second-order valence-electron chi connectivity index (χ2n) is 7.30. The summed E-state index contributed by atoms with van der Waals surface area (Å²) in [5, 5.41) is 7.06. The number of nitrogens with one attached hydrogen (secondary N) is 1. The first-order valence-electron chi connectivity index (χ1n) is 9.66. The van der Waals surface area contributed by atoms with Crippen LogP contribution in [-0.2, 0) is 21.7 Å². The van der Waals surface area contributed by atoms with Crippen LogP contribution in [0.5, 0.6) is 5.75 Å². The summed E-state index contributed by atoms with van der Waals surface area (Å²) in [5.41, 5.74) is 2.33. The highest BCUT2D eigenvalue weighted by atomic mass is 32.2. The van der Waals surface area contributed by atoms with Gasteiger partial charge in [0.1, 0.15) is 5.75 Å². The monoisotopic (exact) mass is 442 g/mol. The van der Waals surface area contributed by atoms with Crippen LogP contribution in [0.3, 0.4) is 0 Å². The fourth-order valence-corrected chi connectivity index (χ4v) is 3.86. The number of amides is 1. The topological polar surface area (TPSA) is 93.5 Å². The highest BCUT2D eigenvalue weighted by Crippen LogP contribution is 2.28. The largest absolute Gasteiger partial charge is 0.497 e. The van der Waals surface area contributed by atoms with Crippen LogP contribution in [0.25, 0.3) is 0 Å². The maximum absolute atomic E-state index is 12.8. The van der Waals surface area contributed by atoms with Crippen molar-refractivity contribution in [2.75, 3.05) is 30.1 Å². The zero-order chi connectivity index (χ0) is 22.6. The molecule has 0 spiro atoms. The zero-order valence-electron chi connectivity index (χ0n) is 17.9. The molecule has 0 saturated heterocycles. The number of benzene rings is 2. The number of sulfone groups is 1. The average molecular weight is 443 g/mol. The zero-order valence-corrected chi connectivity index (χ0v) is 18.8. The highest BCUT2D eigenvalue weighted by molar-refractivity contribution is 7.90. The van der Waals surface area contributed by atoms with Crippen molar-refractivity contribution in [1.82, 2.24) is 9.78 Å². The Morgan fingerprint density at radius 1 is 1.23 bits per heavy atom. The molecule has 8 nitrogen and oxygen atoms in total. The number of ether oxygens (including phenoxy) is 1. The van der Waals surface area contributed by atoms with Gasteiger partial charge in [0.05, 0.1) is 36.5 Å². The van der Waals surface area contributed by atoms with Gasteiger partial charge in [0, 0.05) is 25.2 Å². The number of anilines is 2. The van der Waals surface area contributed by atoms with E-state index in [9.17, 15) is 13.2 Å². The SMILES string of the molecule is COc1cccc(C(C)N(CC(=O)Nc2ccc(S(C)(=O)=O)cc2)c2cnn(C)c2)c1. The van der Waals surface area contributed by atoms with Crippen molar-refractivity contribution < 1.29 is 17.9 Å². The molecule has 1 N–H and O–H groups in total. The van der Waals surface area contributed by atoms with Crippen LogP contribution in [-0.4, -0.2) is 44.0 Å². The molecule has 0 aliphatic heterocycles. The Labute approximate surface area is 182 Å². The molecule has 3 rings (SSSR count). The van der Waals surface area contributed by atoms with Gasteiger partial charge in [-0.05, 0) is 48.9 Å². The predicted molar refractivity (Wildman–Crippen MR) is 120 cm³/mol. The normalized spacial score (nSPS) is 12.3. The lowest BCUT2D eigenvalue weighted by atomic mass is 10.1. The van der Waals surface area contributed by atoms with Gasteiger partial charge < -0.3 is 15.0 Å². The van der Waals surface area contributed by atoms with Gasteiger partial charge in [0.25, 0.3) is 0 Å². The van der Waals surface area contributed by atoms with Gasteiger partial charge >= 0.3 is 0 Å². The lowest BCUT2D eigenvalue weighted by Gasteiger charge is -2.30. The van der Waals surface area contributed by atoms with E-state index in [1.54, 1.807) is 30.1 Å². The number of methoxy groups -OCH3 is 1. The van der Waals surface area contributed by atoms with Crippen LogP contribution in [0.2, 0.25) is 0 Å². The van der Waals surface area contributed by atoms with Crippen LogP contribution in [0, 0.1) is 0 Å². The fourth-order valence-electron chi connectivity index (χ4n) is 3.23. The van der Waals surface area contributed by atoms with Crippen LogP contribution in [0.1, 0.15) is 18.5 Å². The first-order chi connectivity index (χ1) is 14.7. The van der Waals surface area contributed by atoms with Crippen LogP contribution < -0.4 is 15.0 Å². The van der Waals surface area contributed by atoms with Crippen molar-refractivity contribution in [3.8, 4) is 5.75 Å². The van der Waals surface area contributed by atoms with Crippen LogP contribution in [0.15, 0.2) is 65.8 Å². The van der Waals surface area contributed by atoms with Gasteiger partial charge in [-0.2, -0.15) is 5.10 Å². The maximum Gasteiger partial charge on any atom is 0.243 e. The smallest absolute Gasteiger partial charge is 0.243 e. The average Bonchev–Trinajstić information content (AvgIpc) is 3.17. The maximum atomic E-state index is 12.8. The van der Waals surface area contributed by atoms with Gasteiger partial charge in [-0.15, -0.1) is 0 Å². The van der Waals surface area contributed by atoms with Gasteiger partial charge in [0.15, 0.2) is 9.84 Å². The van der Waals surface area contributed by atoms with Gasteiger partial charge in [-0.3, -0.25) is 9.48 Å². The van der Waals surface area contributed by atoms with E-state index in [-0.39, 0.29) is 23.4 Å². The number of hydrogen-bond donors (Lipinski definition) is 1. The minimum absolute atomic E-state index is 0.0812. The second-order valence-corrected chi connectivity index (χ2v) is 9.31. The van der Waals surface area contributed by atoms with Crippen molar-refractivity contribution >= 4 is 27.1 Å². The van der Waals surface area contributed by atoms with Gasteiger partial charge in [-0.1, -0.05) is 12.1 Å². The standard InChI is InChI=1S/C22H26N4O4S/c1-16(17-6-5-7-20(12-17)30-3)26(19-13-23-25(2)14-19)15-22(27)24-18-8-10-21(11-9-18)31(4,28)29/h5-14,16H,15H2,1-4H3,(H,24,27). The molecule has 1 aromatic heterocycles. The predicted octanol–water partition coefficient (Wildman–Crippen LogP) is 3.04.